The normalized spacial score (nSPS) is 11.6. The van der Waals surface area contributed by atoms with Gasteiger partial charge in [0, 0.05) is 6.42 Å². The van der Waals surface area contributed by atoms with Crippen molar-refractivity contribution in [2.45, 2.75) is 59.0 Å². The lowest BCUT2D eigenvalue weighted by molar-refractivity contribution is -0.171. The zero-order valence-corrected chi connectivity index (χ0v) is 12.5. The number of rotatable bonds is 9. The van der Waals surface area contributed by atoms with Crippen LogP contribution < -0.4 is 0 Å². The Morgan fingerprint density at radius 2 is 1.65 bits per heavy atom. The Hall–Kier alpha value is -1.59. The molecule has 0 aromatic rings. The molecule has 6 heteroatoms. The highest BCUT2D eigenvalue weighted by atomic mass is 16.6. The molecule has 0 rings (SSSR count). The lowest BCUT2D eigenvalue weighted by Gasteiger charge is -2.12. The molecule has 1 atom stereocenters. The van der Waals surface area contributed by atoms with Crippen LogP contribution in [0.1, 0.15) is 52.9 Å². The summed E-state index contributed by atoms with van der Waals surface area (Å²) in [6, 6.07) is 0. The quantitative estimate of drug-likeness (QED) is 0.279. The Balaban J connectivity index is 3.83. The van der Waals surface area contributed by atoms with Gasteiger partial charge in [0.05, 0.1) is 13.2 Å². The van der Waals surface area contributed by atoms with Crippen LogP contribution in [0.25, 0.3) is 0 Å². The number of ether oxygens (including phenoxy) is 3. The van der Waals surface area contributed by atoms with Crippen LogP contribution in [0.4, 0.5) is 0 Å². The molecule has 0 aromatic heterocycles. The van der Waals surface area contributed by atoms with Crippen molar-refractivity contribution in [3.8, 4) is 0 Å². The van der Waals surface area contributed by atoms with E-state index in [-0.39, 0.29) is 19.0 Å². The Labute approximate surface area is 119 Å². The van der Waals surface area contributed by atoms with Crippen molar-refractivity contribution < 1.29 is 28.6 Å². The molecular weight excluding hydrogens is 264 g/mol. The van der Waals surface area contributed by atoms with Gasteiger partial charge in [-0.15, -0.1) is 0 Å². The van der Waals surface area contributed by atoms with Gasteiger partial charge in [-0.2, -0.15) is 0 Å². The lowest BCUT2D eigenvalue weighted by Crippen LogP contribution is -2.25. The van der Waals surface area contributed by atoms with E-state index in [4.69, 9.17) is 14.2 Å². The predicted octanol–water partition coefficient (Wildman–Crippen LogP) is 1.99. The van der Waals surface area contributed by atoms with E-state index >= 15 is 0 Å². The average Bonchev–Trinajstić information content (AvgIpc) is 2.42. The summed E-state index contributed by atoms with van der Waals surface area (Å²) in [4.78, 5) is 33.8. The van der Waals surface area contributed by atoms with E-state index in [1.807, 2.05) is 13.8 Å². The van der Waals surface area contributed by atoms with Crippen LogP contribution in [0.3, 0.4) is 0 Å². The third kappa shape index (κ3) is 9.35. The molecule has 0 radical (unpaired) electrons. The third-order valence-electron chi connectivity index (χ3n) is 2.43. The average molecular weight is 288 g/mol. The van der Waals surface area contributed by atoms with Crippen LogP contribution in [0, 0.1) is 0 Å². The zero-order valence-electron chi connectivity index (χ0n) is 12.5. The van der Waals surface area contributed by atoms with Gasteiger partial charge in [-0.3, -0.25) is 4.79 Å². The summed E-state index contributed by atoms with van der Waals surface area (Å²) < 4.78 is 14.5. The first-order valence-corrected chi connectivity index (χ1v) is 7.04. The van der Waals surface area contributed by atoms with Crippen LogP contribution in [-0.2, 0) is 28.6 Å². The van der Waals surface area contributed by atoms with E-state index < -0.39 is 18.0 Å². The molecule has 0 fully saturated rings. The molecular formula is C14H24O6. The standard InChI is InChI=1S/C14H24O6/c1-4-6-10-19-13(16)14(17)20-11(3)7-8-12(15)18-9-5-2/h11H,4-10H2,1-3H3. The summed E-state index contributed by atoms with van der Waals surface area (Å²) in [7, 11) is 0. The molecule has 20 heavy (non-hydrogen) atoms. The van der Waals surface area contributed by atoms with E-state index in [1.165, 1.54) is 0 Å². The second-order valence-corrected chi connectivity index (χ2v) is 4.46. The zero-order chi connectivity index (χ0) is 15.4. The molecule has 0 aliphatic carbocycles. The topological polar surface area (TPSA) is 78.9 Å². The highest BCUT2D eigenvalue weighted by Gasteiger charge is 2.20. The minimum Gasteiger partial charge on any atom is -0.466 e. The van der Waals surface area contributed by atoms with Gasteiger partial charge < -0.3 is 14.2 Å². The summed E-state index contributed by atoms with van der Waals surface area (Å²) in [5.74, 6) is -2.34. The van der Waals surface area contributed by atoms with Crippen molar-refractivity contribution in [3.05, 3.63) is 0 Å². The maximum atomic E-state index is 11.4. The monoisotopic (exact) mass is 288 g/mol. The maximum Gasteiger partial charge on any atom is 0.417 e. The van der Waals surface area contributed by atoms with Crippen molar-refractivity contribution in [3.63, 3.8) is 0 Å². The second kappa shape index (κ2) is 11.3. The highest BCUT2D eigenvalue weighted by Crippen LogP contribution is 2.04. The Morgan fingerprint density at radius 3 is 2.25 bits per heavy atom. The fourth-order valence-corrected chi connectivity index (χ4v) is 1.27. The summed E-state index contributed by atoms with van der Waals surface area (Å²) in [5.41, 5.74) is 0. The summed E-state index contributed by atoms with van der Waals surface area (Å²) in [6.07, 6.45) is 2.28. The Morgan fingerprint density at radius 1 is 0.950 bits per heavy atom. The largest absolute Gasteiger partial charge is 0.466 e. The molecule has 6 nitrogen and oxygen atoms in total. The molecule has 0 saturated heterocycles. The third-order valence-corrected chi connectivity index (χ3v) is 2.43. The molecule has 0 aromatic carbocycles. The molecule has 116 valence electrons. The molecule has 0 spiro atoms. The molecule has 0 amide bonds. The van der Waals surface area contributed by atoms with Gasteiger partial charge in [-0.05, 0) is 26.2 Å². The number of hydrogen-bond donors (Lipinski definition) is 0. The SMILES string of the molecule is CCCCOC(=O)C(=O)OC(C)CCC(=O)OCCC. The van der Waals surface area contributed by atoms with E-state index in [2.05, 4.69) is 0 Å². The first-order valence-electron chi connectivity index (χ1n) is 7.04. The molecule has 0 N–H and O–H groups in total. The molecule has 0 aliphatic rings. The van der Waals surface area contributed by atoms with Gasteiger partial charge in [0.1, 0.15) is 6.10 Å². The molecule has 0 bridgehead atoms. The van der Waals surface area contributed by atoms with Crippen molar-refractivity contribution in [1.29, 1.82) is 0 Å². The van der Waals surface area contributed by atoms with E-state index in [0.29, 0.717) is 19.4 Å². The minimum atomic E-state index is -1.02. The number of carbonyl (C=O) groups is 3. The number of unbranched alkanes of at least 4 members (excludes halogenated alkanes) is 1. The molecule has 0 heterocycles. The molecule has 1 unspecified atom stereocenters. The fraction of sp³-hybridized carbons (Fsp3) is 0.786. The summed E-state index contributed by atoms with van der Waals surface area (Å²) >= 11 is 0. The van der Waals surface area contributed by atoms with Gasteiger partial charge in [0.15, 0.2) is 0 Å². The van der Waals surface area contributed by atoms with Gasteiger partial charge in [0.2, 0.25) is 0 Å². The summed E-state index contributed by atoms with van der Waals surface area (Å²) in [5, 5.41) is 0. The smallest absolute Gasteiger partial charge is 0.417 e. The van der Waals surface area contributed by atoms with Crippen LogP contribution >= 0.6 is 0 Å². The molecule has 0 aliphatic heterocycles. The van der Waals surface area contributed by atoms with Gasteiger partial charge in [-0.1, -0.05) is 20.3 Å². The van der Waals surface area contributed by atoms with Gasteiger partial charge >= 0.3 is 17.9 Å². The van der Waals surface area contributed by atoms with Gasteiger partial charge in [-0.25, -0.2) is 9.59 Å². The van der Waals surface area contributed by atoms with Gasteiger partial charge in [0.25, 0.3) is 0 Å². The Kier molecular flexibility index (Phi) is 10.4. The lowest BCUT2D eigenvalue weighted by atomic mass is 10.2. The maximum absolute atomic E-state index is 11.4. The first-order chi connectivity index (χ1) is 9.51. The number of carbonyl (C=O) groups excluding carboxylic acids is 3. The summed E-state index contributed by atoms with van der Waals surface area (Å²) in [6.45, 7) is 6.07. The van der Waals surface area contributed by atoms with Crippen LogP contribution in [0.2, 0.25) is 0 Å². The van der Waals surface area contributed by atoms with E-state index in [1.54, 1.807) is 6.92 Å². The minimum absolute atomic E-state index is 0.152. The highest BCUT2D eigenvalue weighted by molar-refractivity contribution is 6.29. The van der Waals surface area contributed by atoms with E-state index in [0.717, 1.165) is 12.8 Å². The second-order valence-electron chi connectivity index (χ2n) is 4.46. The number of hydrogen-bond acceptors (Lipinski definition) is 6. The van der Waals surface area contributed by atoms with Crippen molar-refractivity contribution in [1.82, 2.24) is 0 Å². The predicted molar refractivity (Wildman–Crippen MR) is 71.9 cm³/mol. The van der Waals surface area contributed by atoms with Crippen molar-refractivity contribution in [2.24, 2.45) is 0 Å². The first kappa shape index (κ1) is 18.4. The van der Waals surface area contributed by atoms with E-state index in [9.17, 15) is 14.4 Å². The number of esters is 3. The van der Waals surface area contributed by atoms with Crippen molar-refractivity contribution >= 4 is 17.9 Å². The fourth-order valence-electron chi connectivity index (χ4n) is 1.27. The van der Waals surface area contributed by atoms with Crippen LogP contribution in [0.5, 0.6) is 0 Å². The Bertz CT molecular complexity index is 313. The molecule has 0 saturated carbocycles. The van der Waals surface area contributed by atoms with Crippen LogP contribution in [-0.4, -0.2) is 37.2 Å². The van der Waals surface area contributed by atoms with Crippen LogP contribution in [0.15, 0.2) is 0 Å². The van der Waals surface area contributed by atoms with Crippen molar-refractivity contribution in [2.75, 3.05) is 13.2 Å².